The molecular formula is C34H53F5N2O5S. The van der Waals surface area contributed by atoms with Crippen LogP contribution in [0.2, 0.25) is 0 Å². The molecule has 0 spiro atoms. The molecule has 0 bridgehead atoms. The summed E-state index contributed by atoms with van der Waals surface area (Å²) in [5, 5.41) is 11.0. The van der Waals surface area contributed by atoms with Crippen molar-refractivity contribution in [1.29, 1.82) is 0 Å². The van der Waals surface area contributed by atoms with Crippen molar-refractivity contribution in [3.05, 3.63) is 0 Å². The molecule has 6 fully saturated rings. The fourth-order valence-electron chi connectivity index (χ4n) is 10.8. The number of aliphatic hydroxyl groups excluding tert-OH is 1. The van der Waals surface area contributed by atoms with E-state index in [2.05, 4.69) is 18.9 Å². The number of ether oxygens (including phenoxy) is 2. The topological polar surface area (TPSA) is 79.3 Å². The molecule has 1 amide bonds. The lowest BCUT2D eigenvalue weighted by atomic mass is 9.47. The lowest BCUT2D eigenvalue weighted by molar-refractivity contribution is -0.284. The number of carbonyl (C=O) groups excluding carboxylic acids is 1. The molecular weight excluding hydrogens is 643 g/mol. The van der Waals surface area contributed by atoms with Gasteiger partial charge < -0.3 is 19.5 Å². The van der Waals surface area contributed by atoms with Gasteiger partial charge in [-0.15, -0.1) is 0 Å². The Balaban J connectivity index is 1.06. The molecule has 4 aliphatic carbocycles. The maximum atomic E-state index is 13.3. The van der Waals surface area contributed by atoms with Crippen molar-refractivity contribution in [2.75, 3.05) is 44.8 Å². The zero-order valence-electron chi connectivity index (χ0n) is 27.8. The number of aliphatic hydroxyl groups is 1. The number of fused-ring (bicyclic) bond motifs is 6. The molecule has 6 rings (SSSR count). The molecule has 4 saturated carbocycles. The Morgan fingerprint density at radius 1 is 1.02 bits per heavy atom. The summed E-state index contributed by atoms with van der Waals surface area (Å²) in [6, 6.07) is 0.198. The monoisotopic (exact) mass is 696 g/mol. The van der Waals surface area contributed by atoms with Gasteiger partial charge in [0.15, 0.2) is 0 Å². The second-order valence-electron chi connectivity index (χ2n) is 15.9. The number of hydrogen-bond donors (Lipinski definition) is 1. The van der Waals surface area contributed by atoms with E-state index >= 15 is 0 Å². The molecule has 7 nitrogen and oxygen atoms in total. The first-order valence-electron chi connectivity index (χ1n) is 17.9. The average Bonchev–Trinajstić information content (AvgIpc) is 3.58. The summed E-state index contributed by atoms with van der Waals surface area (Å²) in [5.41, 5.74) is -0.101. The van der Waals surface area contributed by atoms with Gasteiger partial charge in [0.2, 0.25) is 0 Å². The maximum Gasteiger partial charge on any atom is 0.453 e. The van der Waals surface area contributed by atoms with Gasteiger partial charge in [-0.25, -0.2) is 4.79 Å². The summed E-state index contributed by atoms with van der Waals surface area (Å²) >= 11 is 0. The van der Waals surface area contributed by atoms with E-state index in [9.17, 15) is 36.1 Å². The van der Waals surface area contributed by atoms with Gasteiger partial charge in [-0.05, 0) is 119 Å². The van der Waals surface area contributed by atoms with Crippen LogP contribution in [-0.2, 0) is 20.3 Å². The number of morpholine rings is 1. The van der Waals surface area contributed by atoms with Crippen LogP contribution >= 0.6 is 0 Å². The van der Waals surface area contributed by atoms with Gasteiger partial charge in [0.05, 0.1) is 31.4 Å². The minimum absolute atomic E-state index is 0.0225. The minimum Gasteiger partial charge on any atom is -0.446 e. The van der Waals surface area contributed by atoms with E-state index < -0.39 is 35.7 Å². The van der Waals surface area contributed by atoms with E-state index in [1.807, 2.05) is 0 Å². The molecule has 0 aromatic rings. The molecule has 6 unspecified atom stereocenters. The van der Waals surface area contributed by atoms with Crippen LogP contribution in [0.25, 0.3) is 0 Å². The lowest BCUT2D eigenvalue weighted by Gasteiger charge is -2.58. The van der Waals surface area contributed by atoms with Crippen LogP contribution < -0.4 is 0 Å². The molecule has 1 N–H and O–H groups in total. The molecule has 2 heterocycles. The Labute approximate surface area is 278 Å². The van der Waals surface area contributed by atoms with Gasteiger partial charge in [0.1, 0.15) is 6.10 Å². The van der Waals surface area contributed by atoms with Crippen LogP contribution in [0.15, 0.2) is 0 Å². The molecule has 2 saturated heterocycles. The van der Waals surface area contributed by atoms with Crippen molar-refractivity contribution in [2.24, 2.45) is 40.9 Å². The highest BCUT2D eigenvalue weighted by Crippen LogP contribution is 2.64. The number of rotatable bonds is 9. The average molecular weight is 697 g/mol. The second-order valence-corrected chi connectivity index (χ2v) is 17.6. The maximum absolute atomic E-state index is 13.3. The summed E-state index contributed by atoms with van der Waals surface area (Å²) in [5.74, 6) is -1.90. The molecule has 0 radical (unpaired) electrons. The highest BCUT2D eigenvalue weighted by atomic mass is 32.2. The van der Waals surface area contributed by atoms with Gasteiger partial charge in [0, 0.05) is 41.8 Å². The van der Waals surface area contributed by atoms with Crippen LogP contribution in [0.1, 0.15) is 84.0 Å². The number of likely N-dealkylation sites (N-methyl/N-ethyl adjacent to an activating group) is 1. The molecule has 47 heavy (non-hydrogen) atoms. The summed E-state index contributed by atoms with van der Waals surface area (Å²) in [4.78, 5) is 17.3. The number of likely N-dealkylation sites (tertiary alicyclic amines) is 1. The fourth-order valence-corrected chi connectivity index (χ4v) is 12.0. The number of amides is 1. The number of hydrogen-bond acceptors (Lipinski definition) is 6. The van der Waals surface area contributed by atoms with Gasteiger partial charge in [-0.1, -0.05) is 6.92 Å². The summed E-state index contributed by atoms with van der Waals surface area (Å²) in [6.07, 6.45) is 1.02. The number of nitrogens with zero attached hydrogens (tertiary/aromatic N) is 2. The fraction of sp³-hybridized carbons (Fsp3) is 0.971. The van der Waals surface area contributed by atoms with E-state index in [0.29, 0.717) is 67.4 Å². The van der Waals surface area contributed by atoms with E-state index in [4.69, 9.17) is 9.47 Å². The number of alkyl halides is 5. The van der Waals surface area contributed by atoms with Gasteiger partial charge in [-0.3, -0.25) is 9.11 Å². The standard InChI is InChI=1S/C34H53F5N2O5S/c1-32-12-10-25-24-7-6-23(46-31(43)41-19-27-28(20-41)45-14-13-40(27)2)18-22(24)17-21(30(25)26(32)8-9-29(32)42)5-3-15-47(44)16-4-11-33(35,36)34(37,38)39/h21-30,42H,3-20H2,1-2H3/t21-,22?,23?,24?,25-,26+,27?,28?,29+,30-,32+,47?/m1/s1. The van der Waals surface area contributed by atoms with E-state index in [-0.39, 0.29) is 41.6 Å². The highest BCUT2D eigenvalue weighted by Gasteiger charge is 2.59. The first kappa shape index (κ1) is 35.8. The van der Waals surface area contributed by atoms with Crippen molar-refractivity contribution in [3.63, 3.8) is 0 Å². The molecule has 0 aromatic heterocycles. The zero-order chi connectivity index (χ0) is 33.7. The molecule has 2 aliphatic heterocycles. The second kappa shape index (κ2) is 13.9. The smallest absolute Gasteiger partial charge is 0.446 e. The predicted octanol–water partition coefficient (Wildman–Crippen LogP) is 6.25. The predicted molar refractivity (Wildman–Crippen MR) is 167 cm³/mol. The Morgan fingerprint density at radius 2 is 1.79 bits per heavy atom. The molecule has 13 heteroatoms. The number of halogens is 5. The first-order valence-corrected chi connectivity index (χ1v) is 19.4. The van der Waals surface area contributed by atoms with Crippen LogP contribution in [0.3, 0.4) is 0 Å². The molecule has 0 aromatic carbocycles. The molecule has 12 atom stereocenters. The van der Waals surface area contributed by atoms with Crippen LogP contribution in [0, 0.1) is 40.9 Å². The third-order valence-corrected chi connectivity index (χ3v) is 14.8. The van der Waals surface area contributed by atoms with Crippen LogP contribution in [0.5, 0.6) is 0 Å². The Hall–Kier alpha value is -1.05. The molecule has 6 aliphatic rings. The van der Waals surface area contributed by atoms with Crippen molar-refractivity contribution >= 4 is 16.9 Å². The number of carbonyl (C=O) groups is 1. The van der Waals surface area contributed by atoms with Gasteiger partial charge in [0.25, 0.3) is 0 Å². The largest absolute Gasteiger partial charge is 0.453 e. The third kappa shape index (κ3) is 7.25. The van der Waals surface area contributed by atoms with Crippen molar-refractivity contribution < 1.29 is 45.5 Å². The summed E-state index contributed by atoms with van der Waals surface area (Å²) < 4.78 is 88.9. The van der Waals surface area contributed by atoms with Crippen molar-refractivity contribution in [1.82, 2.24) is 9.80 Å². The van der Waals surface area contributed by atoms with Crippen LogP contribution in [0.4, 0.5) is 26.7 Å². The quantitative estimate of drug-likeness (QED) is 0.287. The lowest BCUT2D eigenvalue weighted by Crippen LogP contribution is -2.53. The van der Waals surface area contributed by atoms with Gasteiger partial charge in [-0.2, -0.15) is 22.0 Å². The Kier molecular flexibility index (Phi) is 10.6. The van der Waals surface area contributed by atoms with Gasteiger partial charge >= 0.3 is 18.2 Å². The SMILES string of the molecule is CN1CCOC2CN(C(=O)OC3CCC4C(C3)C[C@@H](CCCS(=O)CCCC(F)(F)C(F)(F)F)[C@@H]3[C@@H]4CC[C@]4(C)[C@@H](O)CC[C@@H]34)CC21. The Bertz CT molecular complexity index is 1150. The van der Waals surface area contributed by atoms with E-state index in [1.165, 1.54) is 0 Å². The van der Waals surface area contributed by atoms with E-state index in [0.717, 1.165) is 64.3 Å². The van der Waals surface area contributed by atoms with Crippen molar-refractivity contribution in [2.45, 2.75) is 120 Å². The normalized spacial score (nSPS) is 41.5. The minimum atomic E-state index is -5.58. The van der Waals surface area contributed by atoms with Crippen LogP contribution in [-0.4, -0.2) is 106 Å². The first-order chi connectivity index (χ1) is 22.2. The highest BCUT2D eigenvalue weighted by molar-refractivity contribution is 7.84. The molecule has 270 valence electrons. The third-order valence-electron chi connectivity index (χ3n) is 13.4. The summed E-state index contributed by atoms with van der Waals surface area (Å²) in [6.45, 7) is 4.94. The Morgan fingerprint density at radius 3 is 2.53 bits per heavy atom. The van der Waals surface area contributed by atoms with E-state index in [1.54, 1.807) is 4.90 Å². The van der Waals surface area contributed by atoms with Crippen molar-refractivity contribution in [3.8, 4) is 0 Å². The zero-order valence-corrected chi connectivity index (χ0v) is 28.6. The summed E-state index contributed by atoms with van der Waals surface area (Å²) in [7, 11) is 0.614.